The van der Waals surface area contributed by atoms with Crippen molar-refractivity contribution in [2.75, 3.05) is 20.1 Å². The second kappa shape index (κ2) is 4.07. The van der Waals surface area contributed by atoms with Crippen molar-refractivity contribution < 1.29 is 0 Å². The molecule has 1 aliphatic rings. The van der Waals surface area contributed by atoms with Gasteiger partial charge in [0.25, 0.3) is 0 Å². The van der Waals surface area contributed by atoms with Crippen molar-refractivity contribution in [3.05, 3.63) is 29.6 Å². The van der Waals surface area contributed by atoms with Crippen LogP contribution in [0.4, 0.5) is 0 Å². The minimum Gasteiger partial charge on any atom is -0.314 e. The van der Waals surface area contributed by atoms with Gasteiger partial charge in [0.05, 0.1) is 5.69 Å². The van der Waals surface area contributed by atoms with Crippen molar-refractivity contribution in [3.8, 4) is 0 Å². The van der Waals surface area contributed by atoms with Crippen LogP contribution in [0.15, 0.2) is 18.3 Å². The topological polar surface area (TPSA) is 28.2 Å². The van der Waals surface area contributed by atoms with E-state index >= 15 is 0 Å². The minimum atomic E-state index is 0.693. The number of rotatable bonds is 3. The van der Waals surface area contributed by atoms with Gasteiger partial charge in [-0.25, -0.2) is 0 Å². The molecule has 0 atom stereocenters. The van der Waals surface area contributed by atoms with E-state index in [4.69, 9.17) is 0 Å². The van der Waals surface area contributed by atoms with Gasteiger partial charge in [-0.05, 0) is 25.6 Å². The molecule has 0 saturated carbocycles. The molecule has 1 saturated heterocycles. The van der Waals surface area contributed by atoms with Crippen LogP contribution in [0.1, 0.15) is 11.3 Å². The molecule has 1 N–H and O–H groups in total. The Kier molecular flexibility index (Phi) is 2.79. The summed E-state index contributed by atoms with van der Waals surface area (Å²) in [6, 6.07) is 4.92. The molecule has 1 aromatic rings. The lowest BCUT2D eigenvalue weighted by atomic mass is 10.1. The van der Waals surface area contributed by atoms with Crippen molar-refractivity contribution in [1.29, 1.82) is 0 Å². The van der Waals surface area contributed by atoms with Crippen molar-refractivity contribution in [2.45, 2.75) is 19.5 Å². The van der Waals surface area contributed by atoms with E-state index in [-0.39, 0.29) is 0 Å². The zero-order valence-corrected chi connectivity index (χ0v) is 8.83. The standard InChI is InChI=1S/C11H17N3/c1-9-3-4-10(13-5-9)8-14(2)11-6-12-7-11/h3-5,11-12H,6-8H2,1-2H3. The fourth-order valence-corrected chi connectivity index (χ4v) is 1.56. The molecule has 0 aromatic carbocycles. The van der Waals surface area contributed by atoms with E-state index in [1.54, 1.807) is 0 Å². The Hall–Kier alpha value is -0.930. The lowest BCUT2D eigenvalue weighted by Gasteiger charge is -2.35. The van der Waals surface area contributed by atoms with Crippen molar-refractivity contribution in [3.63, 3.8) is 0 Å². The van der Waals surface area contributed by atoms with E-state index < -0.39 is 0 Å². The highest BCUT2D eigenvalue weighted by Gasteiger charge is 2.21. The van der Waals surface area contributed by atoms with E-state index in [1.165, 1.54) is 5.56 Å². The first kappa shape index (κ1) is 9.62. The van der Waals surface area contributed by atoms with E-state index in [1.807, 2.05) is 6.20 Å². The molecule has 1 fully saturated rings. The van der Waals surface area contributed by atoms with E-state index in [9.17, 15) is 0 Å². The van der Waals surface area contributed by atoms with Crippen molar-refractivity contribution in [2.24, 2.45) is 0 Å². The van der Waals surface area contributed by atoms with Crippen LogP contribution in [0.2, 0.25) is 0 Å². The molecule has 0 aliphatic carbocycles. The van der Waals surface area contributed by atoms with E-state index in [2.05, 4.69) is 41.3 Å². The molecule has 3 nitrogen and oxygen atoms in total. The number of nitrogens with one attached hydrogen (secondary N) is 1. The van der Waals surface area contributed by atoms with Crippen molar-refractivity contribution in [1.82, 2.24) is 15.2 Å². The maximum atomic E-state index is 4.40. The molecule has 2 rings (SSSR count). The molecule has 0 amide bonds. The number of pyridine rings is 1. The average molecular weight is 191 g/mol. The van der Waals surface area contributed by atoms with Crippen LogP contribution in [-0.4, -0.2) is 36.1 Å². The quantitative estimate of drug-likeness (QED) is 0.765. The first-order valence-corrected chi connectivity index (χ1v) is 5.08. The number of hydrogen-bond acceptors (Lipinski definition) is 3. The summed E-state index contributed by atoms with van der Waals surface area (Å²) in [6.45, 7) is 5.24. The Bertz CT molecular complexity index is 290. The lowest BCUT2D eigenvalue weighted by Crippen LogP contribution is -2.55. The molecule has 0 bridgehead atoms. The molecule has 1 aliphatic heterocycles. The predicted molar refractivity (Wildman–Crippen MR) is 57.1 cm³/mol. The van der Waals surface area contributed by atoms with Gasteiger partial charge in [-0.2, -0.15) is 0 Å². The van der Waals surface area contributed by atoms with Crippen LogP contribution in [0.5, 0.6) is 0 Å². The van der Waals surface area contributed by atoms with Gasteiger partial charge in [0, 0.05) is 31.9 Å². The highest BCUT2D eigenvalue weighted by molar-refractivity contribution is 5.12. The normalized spacial score (nSPS) is 17.1. The molecule has 1 aromatic heterocycles. The maximum absolute atomic E-state index is 4.40. The zero-order chi connectivity index (χ0) is 9.97. The summed E-state index contributed by atoms with van der Waals surface area (Å²) >= 11 is 0. The number of nitrogens with zero attached hydrogens (tertiary/aromatic N) is 2. The molecular formula is C11H17N3. The second-order valence-corrected chi connectivity index (χ2v) is 4.05. The van der Waals surface area contributed by atoms with Crippen LogP contribution in [0.3, 0.4) is 0 Å². The van der Waals surface area contributed by atoms with E-state index in [0.29, 0.717) is 6.04 Å². The summed E-state index contributed by atoms with van der Waals surface area (Å²) in [6.07, 6.45) is 1.93. The molecule has 0 unspecified atom stereocenters. The third-order valence-electron chi connectivity index (χ3n) is 2.77. The largest absolute Gasteiger partial charge is 0.314 e. The molecule has 0 spiro atoms. The summed E-state index contributed by atoms with van der Waals surface area (Å²) in [4.78, 5) is 6.75. The zero-order valence-electron chi connectivity index (χ0n) is 8.83. The average Bonchev–Trinajstić information content (AvgIpc) is 2.06. The van der Waals surface area contributed by atoms with Crippen LogP contribution in [-0.2, 0) is 6.54 Å². The molecule has 3 heteroatoms. The maximum Gasteiger partial charge on any atom is 0.0544 e. The summed E-state index contributed by atoms with van der Waals surface area (Å²) in [5.41, 5.74) is 2.38. The summed E-state index contributed by atoms with van der Waals surface area (Å²) in [7, 11) is 2.16. The highest BCUT2D eigenvalue weighted by atomic mass is 15.2. The van der Waals surface area contributed by atoms with Crippen LogP contribution >= 0.6 is 0 Å². The Labute approximate surface area is 85.1 Å². The third-order valence-corrected chi connectivity index (χ3v) is 2.77. The number of aromatic nitrogens is 1. The SMILES string of the molecule is Cc1ccc(CN(C)C2CNC2)nc1. The van der Waals surface area contributed by atoms with Gasteiger partial charge < -0.3 is 5.32 Å². The Balaban J connectivity index is 1.92. The Morgan fingerprint density at radius 1 is 1.50 bits per heavy atom. The van der Waals surface area contributed by atoms with Gasteiger partial charge >= 0.3 is 0 Å². The van der Waals surface area contributed by atoms with Crippen LogP contribution in [0.25, 0.3) is 0 Å². The number of likely N-dealkylation sites (N-methyl/N-ethyl adjacent to an activating group) is 1. The first-order chi connectivity index (χ1) is 6.75. The Morgan fingerprint density at radius 2 is 2.29 bits per heavy atom. The summed E-state index contributed by atoms with van der Waals surface area (Å²) < 4.78 is 0. The fraction of sp³-hybridized carbons (Fsp3) is 0.545. The van der Waals surface area contributed by atoms with Gasteiger partial charge in [0.15, 0.2) is 0 Å². The number of aryl methyl sites for hydroxylation is 1. The molecule has 76 valence electrons. The van der Waals surface area contributed by atoms with Gasteiger partial charge in [0.2, 0.25) is 0 Å². The second-order valence-electron chi connectivity index (χ2n) is 4.05. The Morgan fingerprint density at radius 3 is 2.79 bits per heavy atom. The van der Waals surface area contributed by atoms with E-state index in [0.717, 1.165) is 25.3 Å². The third kappa shape index (κ3) is 2.11. The van der Waals surface area contributed by atoms with Gasteiger partial charge in [0.1, 0.15) is 0 Å². The van der Waals surface area contributed by atoms with Crippen LogP contribution in [0, 0.1) is 6.92 Å². The molecule has 0 radical (unpaired) electrons. The summed E-state index contributed by atoms with van der Waals surface area (Å²) in [5.74, 6) is 0. The van der Waals surface area contributed by atoms with Gasteiger partial charge in [-0.15, -0.1) is 0 Å². The smallest absolute Gasteiger partial charge is 0.0544 e. The van der Waals surface area contributed by atoms with Crippen molar-refractivity contribution >= 4 is 0 Å². The molecule has 14 heavy (non-hydrogen) atoms. The molecular weight excluding hydrogens is 174 g/mol. The van der Waals surface area contributed by atoms with Gasteiger partial charge in [-0.3, -0.25) is 9.88 Å². The monoisotopic (exact) mass is 191 g/mol. The van der Waals surface area contributed by atoms with Crippen LogP contribution < -0.4 is 5.32 Å². The minimum absolute atomic E-state index is 0.693. The predicted octanol–water partition coefficient (Wildman–Crippen LogP) is 0.794. The number of hydrogen-bond donors (Lipinski definition) is 1. The summed E-state index contributed by atoms with van der Waals surface area (Å²) in [5, 5.41) is 3.27. The molecule has 2 heterocycles. The highest BCUT2D eigenvalue weighted by Crippen LogP contribution is 2.07. The first-order valence-electron chi connectivity index (χ1n) is 5.08. The van der Waals surface area contributed by atoms with Gasteiger partial charge in [-0.1, -0.05) is 6.07 Å². The lowest BCUT2D eigenvalue weighted by molar-refractivity contribution is 0.171. The fourth-order valence-electron chi connectivity index (χ4n) is 1.56.